The first-order chi connectivity index (χ1) is 11.0. The first-order valence-corrected chi connectivity index (χ1v) is 7.59. The normalized spacial score (nSPS) is 10.8. The number of aromatic nitrogens is 4. The molecule has 5 heteroatoms. The lowest BCUT2D eigenvalue weighted by molar-refractivity contribution is 0.292. The van der Waals surface area contributed by atoms with Crippen LogP contribution in [-0.2, 0) is 6.61 Å². The minimum Gasteiger partial charge on any atom is -0.473 e. The number of ether oxygens (including phenoxy) is 1. The highest BCUT2D eigenvalue weighted by Gasteiger charge is 2.09. The highest BCUT2D eigenvalue weighted by molar-refractivity contribution is 5.26. The largest absolute Gasteiger partial charge is 0.473 e. The van der Waals surface area contributed by atoms with Gasteiger partial charge >= 0.3 is 0 Å². The van der Waals surface area contributed by atoms with Crippen molar-refractivity contribution >= 4 is 0 Å². The Balaban J connectivity index is 1.83. The molecule has 23 heavy (non-hydrogen) atoms. The summed E-state index contributed by atoms with van der Waals surface area (Å²) in [6.07, 6.45) is 0. The van der Waals surface area contributed by atoms with Crippen LogP contribution in [0.4, 0.5) is 0 Å². The van der Waals surface area contributed by atoms with Crippen molar-refractivity contribution < 1.29 is 4.74 Å². The molecule has 0 aliphatic carbocycles. The summed E-state index contributed by atoms with van der Waals surface area (Å²) >= 11 is 0. The summed E-state index contributed by atoms with van der Waals surface area (Å²) in [6, 6.07) is 12.1. The lowest BCUT2D eigenvalue weighted by Gasteiger charge is -2.09. The number of hydrogen-bond donors (Lipinski definition) is 0. The van der Waals surface area contributed by atoms with E-state index >= 15 is 0 Å². The first-order valence-electron chi connectivity index (χ1n) is 7.59. The van der Waals surface area contributed by atoms with Gasteiger partial charge in [0.05, 0.1) is 5.69 Å². The van der Waals surface area contributed by atoms with Gasteiger partial charge in [-0.25, -0.2) is 9.67 Å². The molecule has 2 heterocycles. The van der Waals surface area contributed by atoms with Crippen molar-refractivity contribution in [2.24, 2.45) is 0 Å². The van der Waals surface area contributed by atoms with Crippen molar-refractivity contribution in [1.82, 2.24) is 19.7 Å². The van der Waals surface area contributed by atoms with Gasteiger partial charge in [0.15, 0.2) is 0 Å². The van der Waals surface area contributed by atoms with Crippen molar-refractivity contribution in [2.75, 3.05) is 0 Å². The predicted molar refractivity (Wildman–Crippen MR) is 88.9 cm³/mol. The number of benzene rings is 1. The van der Waals surface area contributed by atoms with Crippen LogP contribution >= 0.6 is 0 Å². The molecule has 0 spiro atoms. The molecule has 0 bridgehead atoms. The minimum atomic E-state index is 0.479. The average Bonchev–Trinajstić information content (AvgIpc) is 2.85. The second-order valence-corrected chi connectivity index (χ2v) is 5.76. The number of hydrogen-bond acceptors (Lipinski definition) is 4. The number of nitrogens with zero attached hydrogens (tertiary/aromatic N) is 4. The second-order valence-electron chi connectivity index (χ2n) is 5.76. The number of rotatable bonds is 4. The summed E-state index contributed by atoms with van der Waals surface area (Å²) in [7, 11) is 0. The van der Waals surface area contributed by atoms with Crippen molar-refractivity contribution in [1.29, 1.82) is 0 Å². The van der Waals surface area contributed by atoms with Crippen LogP contribution in [0.5, 0.6) is 5.88 Å². The Morgan fingerprint density at radius 2 is 1.65 bits per heavy atom. The topological polar surface area (TPSA) is 52.8 Å². The lowest BCUT2D eigenvalue weighted by Crippen LogP contribution is -2.08. The van der Waals surface area contributed by atoms with E-state index in [-0.39, 0.29) is 0 Å². The van der Waals surface area contributed by atoms with E-state index < -0.39 is 0 Å². The van der Waals surface area contributed by atoms with E-state index in [2.05, 4.69) is 46.3 Å². The summed E-state index contributed by atoms with van der Waals surface area (Å²) in [6.45, 7) is 8.41. The maximum absolute atomic E-state index is 5.83. The van der Waals surface area contributed by atoms with Crippen LogP contribution in [0.15, 0.2) is 36.4 Å². The molecule has 1 aromatic carbocycles. The molecule has 0 unspecified atom stereocenters. The first kappa shape index (κ1) is 15.2. The molecule has 0 fully saturated rings. The van der Waals surface area contributed by atoms with Gasteiger partial charge in [-0.05, 0) is 39.3 Å². The Morgan fingerprint density at radius 1 is 0.913 bits per heavy atom. The molecule has 0 saturated heterocycles. The summed E-state index contributed by atoms with van der Waals surface area (Å²) in [5, 5.41) is 4.43. The molecule has 118 valence electrons. The molecule has 0 amide bonds. The van der Waals surface area contributed by atoms with Crippen molar-refractivity contribution in [3.8, 4) is 11.8 Å². The summed E-state index contributed by atoms with van der Waals surface area (Å²) < 4.78 is 7.57. The monoisotopic (exact) mass is 308 g/mol. The third kappa shape index (κ3) is 3.56. The fourth-order valence-corrected chi connectivity index (χ4v) is 2.37. The van der Waals surface area contributed by atoms with Gasteiger partial charge in [0.1, 0.15) is 6.61 Å². The van der Waals surface area contributed by atoms with Crippen LogP contribution in [0.3, 0.4) is 0 Å². The molecule has 0 aliphatic rings. The van der Waals surface area contributed by atoms with Gasteiger partial charge in [-0.15, -0.1) is 0 Å². The van der Waals surface area contributed by atoms with Crippen LogP contribution in [0.25, 0.3) is 5.95 Å². The molecule has 0 N–H and O–H groups in total. The summed E-state index contributed by atoms with van der Waals surface area (Å²) in [5.74, 6) is 1.09. The SMILES string of the molecule is Cc1ccc(COc2cc(C)nc(-n3nc(C)cc3C)n2)cc1. The molecule has 0 saturated carbocycles. The fourth-order valence-electron chi connectivity index (χ4n) is 2.37. The van der Waals surface area contributed by atoms with E-state index in [1.54, 1.807) is 4.68 Å². The van der Waals surface area contributed by atoms with Crippen LogP contribution in [0.2, 0.25) is 0 Å². The van der Waals surface area contributed by atoms with E-state index in [1.165, 1.54) is 5.56 Å². The van der Waals surface area contributed by atoms with E-state index in [9.17, 15) is 0 Å². The highest BCUT2D eigenvalue weighted by Crippen LogP contribution is 2.15. The fraction of sp³-hybridized carbons (Fsp3) is 0.278. The van der Waals surface area contributed by atoms with Crippen molar-refractivity contribution in [2.45, 2.75) is 34.3 Å². The third-order valence-corrected chi connectivity index (χ3v) is 3.53. The Hall–Kier alpha value is -2.69. The summed E-state index contributed by atoms with van der Waals surface area (Å²) in [4.78, 5) is 8.93. The maximum Gasteiger partial charge on any atom is 0.254 e. The van der Waals surface area contributed by atoms with E-state index in [0.29, 0.717) is 18.4 Å². The van der Waals surface area contributed by atoms with Crippen LogP contribution < -0.4 is 4.74 Å². The molecule has 0 atom stereocenters. The molecule has 3 aromatic rings. The zero-order valence-electron chi connectivity index (χ0n) is 13.9. The van der Waals surface area contributed by atoms with E-state index in [4.69, 9.17) is 4.74 Å². The molecule has 0 radical (unpaired) electrons. The van der Waals surface area contributed by atoms with Crippen LogP contribution in [0.1, 0.15) is 28.2 Å². The molecule has 5 nitrogen and oxygen atoms in total. The summed E-state index contributed by atoms with van der Waals surface area (Å²) in [5.41, 5.74) is 5.13. The van der Waals surface area contributed by atoms with Gasteiger partial charge in [-0.1, -0.05) is 29.8 Å². The Kier molecular flexibility index (Phi) is 4.10. The lowest BCUT2D eigenvalue weighted by atomic mass is 10.2. The Labute approximate surface area is 136 Å². The van der Waals surface area contributed by atoms with Gasteiger partial charge < -0.3 is 4.74 Å². The smallest absolute Gasteiger partial charge is 0.254 e. The average molecular weight is 308 g/mol. The molecule has 2 aromatic heterocycles. The van der Waals surface area contributed by atoms with E-state index in [0.717, 1.165) is 22.6 Å². The van der Waals surface area contributed by atoms with Gasteiger partial charge in [-0.3, -0.25) is 0 Å². The maximum atomic E-state index is 5.83. The van der Waals surface area contributed by atoms with Gasteiger partial charge in [0.2, 0.25) is 5.88 Å². The van der Waals surface area contributed by atoms with E-state index in [1.807, 2.05) is 32.9 Å². The van der Waals surface area contributed by atoms with Crippen LogP contribution in [0, 0.1) is 27.7 Å². The molecular formula is C18H20N4O. The van der Waals surface area contributed by atoms with Gasteiger partial charge in [-0.2, -0.15) is 10.1 Å². The van der Waals surface area contributed by atoms with Crippen molar-refractivity contribution in [3.05, 3.63) is 64.6 Å². The number of aryl methyl sites for hydroxylation is 4. The second kappa shape index (κ2) is 6.20. The zero-order chi connectivity index (χ0) is 16.4. The Morgan fingerprint density at radius 3 is 2.30 bits per heavy atom. The standard InChI is InChI=1S/C18H20N4O/c1-12-5-7-16(8-6-12)11-23-17-10-13(2)19-18(20-17)22-15(4)9-14(3)21-22/h5-10H,11H2,1-4H3. The molecule has 0 aliphatic heterocycles. The Bertz CT molecular complexity index is 822. The van der Waals surface area contributed by atoms with Crippen LogP contribution in [-0.4, -0.2) is 19.7 Å². The van der Waals surface area contributed by atoms with Gasteiger partial charge in [0, 0.05) is 17.5 Å². The molecular weight excluding hydrogens is 288 g/mol. The quantitative estimate of drug-likeness (QED) is 0.740. The third-order valence-electron chi connectivity index (χ3n) is 3.53. The van der Waals surface area contributed by atoms with Crippen molar-refractivity contribution in [3.63, 3.8) is 0 Å². The predicted octanol–water partition coefficient (Wildman–Crippen LogP) is 3.47. The minimum absolute atomic E-state index is 0.479. The highest BCUT2D eigenvalue weighted by atomic mass is 16.5. The molecule has 3 rings (SSSR count). The van der Waals surface area contributed by atoms with Gasteiger partial charge in [0.25, 0.3) is 5.95 Å². The zero-order valence-corrected chi connectivity index (χ0v) is 13.9.